The molecule has 3 saturated heterocycles. The number of anilines is 18. The maximum absolute atomic E-state index is 13.3. The lowest BCUT2D eigenvalue weighted by atomic mass is 10.1. The Morgan fingerprint density at radius 1 is 0.455 bits per heavy atom. The van der Waals surface area contributed by atoms with E-state index in [-0.39, 0.29) is 23.6 Å². The van der Waals surface area contributed by atoms with E-state index in [0.717, 1.165) is 114 Å². The summed E-state index contributed by atoms with van der Waals surface area (Å²) < 4.78 is 25.2. The summed E-state index contributed by atoms with van der Waals surface area (Å²) in [7, 11) is -3.16. The van der Waals surface area contributed by atoms with E-state index in [1.165, 1.54) is 56.3 Å². The Hall–Kier alpha value is -10.5. The molecule has 578 valence electrons. The standard InChI is InChI=1S/C27H32N8O2S.C25H32N8O3S2.C24H30N8OS/c1-6-22(36)33-13-11-32(12-14-33)19-9-10-20(17(4)15-19)30-27-28-16-21-24(31-27)35(8-3)26-23(29-18(5)38-26)25(37)34(21)7-2;1-6-32-20-15-26-25(29-22(20)33(7-2)24-21(23(32)34)27-17(4)37-24)28-19-9-8-18(14-16(19)3)30-10-12-31(13-11-30)38(5,35)36;1-5-31-19-14-26-24(28-18-8-7-17(13-15(18)3)30-11-9-25-10-12-30)29-21(19)32(6-2)23-20(22(31)33)27-16(4)34-23/h6,9-10,15-16H,1,7-8,11-14H2,2-5H3,(H,28,30,31);8-9,14-15H,6-7,10-13H2,1-5H3,(H,26,28,29);7-8,13-14,25H,5-6,9-12H2,1-4H3,(H,26,28,29). The van der Waals surface area contributed by atoms with Crippen LogP contribution in [0, 0.1) is 41.5 Å². The van der Waals surface area contributed by atoms with E-state index in [0.29, 0.717) is 148 Å². The van der Waals surface area contributed by atoms with Gasteiger partial charge in [0.1, 0.15) is 32.1 Å². The molecule has 0 unspecified atom stereocenters. The molecule has 0 aliphatic carbocycles. The summed E-state index contributed by atoms with van der Waals surface area (Å²) in [5.41, 5.74) is 12.8. The van der Waals surface area contributed by atoms with Gasteiger partial charge in [0, 0.05) is 152 Å². The van der Waals surface area contributed by atoms with Crippen molar-refractivity contribution in [3.63, 3.8) is 0 Å². The Bertz CT molecular complexity index is 5080. The minimum absolute atomic E-state index is 0.0177. The minimum Gasteiger partial charge on any atom is -0.369 e. The third-order valence-corrected chi connectivity index (χ3v) is 24.4. The first-order chi connectivity index (χ1) is 52.9. The normalized spacial score (nSPS) is 15.8. The predicted octanol–water partition coefficient (Wildman–Crippen LogP) is 11.6. The first kappa shape index (κ1) is 77.6. The molecule has 0 atom stereocenters. The van der Waals surface area contributed by atoms with Crippen LogP contribution >= 0.6 is 34.0 Å². The van der Waals surface area contributed by atoms with Crippen molar-refractivity contribution in [2.45, 2.75) is 83.1 Å². The molecule has 0 bridgehead atoms. The molecule has 4 amide bonds. The number of aryl methyl sites for hydroxylation is 6. The average Bonchev–Trinajstić information content (AvgIpc) is 1.62. The molecule has 0 saturated carbocycles. The molecule has 3 aromatic carbocycles. The summed E-state index contributed by atoms with van der Waals surface area (Å²) in [6.07, 6.45) is 7.78. The molecule has 4 N–H and O–H groups in total. The van der Waals surface area contributed by atoms with Gasteiger partial charge in [0.05, 0.1) is 39.9 Å². The van der Waals surface area contributed by atoms with Crippen LogP contribution in [-0.2, 0) is 14.8 Å². The first-order valence-electron chi connectivity index (χ1n) is 37.2. The molecule has 0 radical (unpaired) electrons. The van der Waals surface area contributed by atoms with Crippen LogP contribution in [0.5, 0.6) is 0 Å². The number of rotatable bonds is 17. The molecule has 15 rings (SSSR count). The second-order valence-electron chi connectivity index (χ2n) is 27.0. The fourth-order valence-electron chi connectivity index (χ4n) is 14.3. The Labute approximate surface area is 654 Å². The summed E-state index contributed by atoms with van der Waals surface area (Å²) in [6.45, 7) is 40.1. The van der Waals surface area contributed by atoms with Crippen LogP contribution < -0.4 is 65.4 Å². The van der Waals surface area contributed by atoms with Gasteiger partial charge in [-0.3, -0.25) is 19.2 Å². The van der Waals surface area contributed by atoms with Gasteiger partial charge in [0.15, 0.2) is 34.5 Å². The molecule has 6 aliphatic rings. The Morgan fingerprint density at radius 2 is 0.764 bits per heavy atom. The van der Waals surface area contributed by atoms with E-state index in [2.05, 4.69) is 135 Å². The minimum atomic E-state index is -3.16. The number of hydrogen-bond donors (Lipinski definition) is 4. The van der Waals surface area contributed by atoms with Crippen molar-refractivity contribution < 1.29 is 27.6 Å². The van der Waals surface area contributed by atoms with Gasteiger partial charge in [-0.1, -0.05) is 6.58 Å². The van der Waals surface area contributed by atoms with Crippen LogP contribution in [0.2, 0.25) is 0 Å². The Kier molecular flexibility index (Phi) is 23.3. The molecule has 34 heteroatoms. The zero-order valence-electron chi connectivity index (χ0n) is 64.5. The van der Waals surface area contributed by atoms with Gasteiger partial charge in [-0.15, -0.1) is 34.0 Å². The number of sulfonamides is 1. The molecular formula is C76H94N24O6S4. The third kappa shape index (κ3) is 15.8. The molecule has 6 aliphatic heterocycles. The maximum atomic E-state index is 13.3. The van der Waals surface area contributed by atoms with E-state index >= 15 is 0 Å². The van der Waals surface area contributed by atoms with Crippen molar-refractivity contribution in [1.82, 2.24) is 59.4 Å². The van der Waals surface area contributed by atoms with Crippen molar-refractivity contribution in [3.8, 4) is 0 Å². The number of benzene rings is 3. The van der Waals surface area contributed by atoms with Gasteiger partial charge in [-0.25, -0.2) is 38.3 Å². The van der Waals surface area contributed by atoms with Crippen LogP contribution in [0.3, 0.4) is 0 Å². The van der Waals surface area contributed by atoms with Gasteiger partial charge in [0.25, 0.3) is 17.7 Å². The topological polar surface area (TPSA) is 302 Å². The van der Waals surface area contributed by atoms with E-state index < -0.39 is 10.0 Å². The number of amides is 4. The largest absolute Gasteiger partial charge is 0.369 e. The number of nitrogens with one attached hydrogen (secondary N) is 4. The zero-order chi connectivity index (χ0) is 78.0. The summed E-state index contributed by atoms with van der Waals surface area (Å²) in [4.78, 5) is 114. The predicted molar refractivity (Wildman–Crippen MR) is 443 cm³/mol. The maximum Gasteiger partial charge on any atom is 0.280 e. The number of piperazine rings is 3. The average molecular weight is 1570 g/mol. The number of carbonyl (C=O) groups excluding carboxylic acids is 4. The van der Waals surface area contributed by atoms with Crippen molar-refractivity contribution in [2.24, 2.45) is 0 Å². The summed E-state index contributed by atoms with van der Waals surface area (Å²) in [5, 5.41) is 18.5. The number of fused-ring (bicyclic) bond motifs is 6. The second-order valence-corrected chi connectivity index (χ2v) is 32.6. The van der Waals surface area contributed by atoms with Crippen molar-refractivity contribution in [3.05, 3.63) is 135 Å². The highest BCUT2D eigenvalue weighted by Crippen LogP contribution is 2.46. The van der Waals surface area contributed by atoms with Gasteiger partial charge < -0.3 is 70.3 Å². The van der Waals surface area contributed by atoms with E-state index in [4.69, 9.17) is 15.0 Å². The zero-order valence-corrected chi connectivity index (χ0v) is 67.7. The molecule has 0 spiro atoms. The fraction of sp³-hybridized carbons (Fsp3) is 0.408. The summed E-state index contributed by atoms with van der Waals surface area (Å²) in [6, 6.07) is 18.8. The fourth-order valence-corrected chi connectivity index (χ4v) is 18.1. The number of nitrogens with zero attached hydrogens (tertiary/aromatic N) is 20. The number of aromatic nitrogens is 9. The Morgan fingerprint density at radius 3 is 1.05 bits per heavy atom. The SMILES string of the molecule is C=CC(=O)N1CCN(c2ccc(Nc3ncc4c(n3)N(CC)c3sc(C)nc3C(=O)N4CC)c(C)c2)CC1.CCN1C(=O)c2nc(C)sc2N(CC)c2nc(Nc3ccc(N4CCN(S(C)(=O)=O)CC4)cc3C)ncc21.CCN1C(=O)c2nc(C)sc2N(CC)c2nc(Nc3ccc(N4CCNCC4)cc3C)ncc21. The smallest absolute Gasteiger partial charge is 0.280 e. The van der Waals surface area contributed by atoms with Crippen molar-refractivity contribution in [1.29, 1.82) is 0 Å². The molecule has 9 aromatic rings. The first-order valence-corrected chi connectivity index (χ1v) is 41.5. The van der Waals surface area contributed by atoms with Crippen LogP contribution in [0.4, 0.5) is 101 Å². The highest BCUT2D eigenvalue weighted by Gasteiger charge is 2.38. The molecule has 12 heterocycles. The van der Waals surface area contributed by atoms with Crippen LogP contribution in [0.25, 0.3) is 0 Å². The van der Waals surface area contributed by atoms with Gasteiger partial charge in [0.2, 0.25) is 33.8 Å². The monoisotopic (exact) mass is 1570 g/mol. The van der Waals surface area contributed by atoms with Crippen LogP contribution in [-0.4, -0.2) is 210 Å². The third-order valence-electron chi connectivity index (χ3n) is 20.1. The van der Waals surface area contributed by atoms with Crippen LogP contribution in [0.15, 0.2) is 85.8 Å². The molecule has 3 fully saturated rings. The summed E-state index contributed by atoms with van der Waals surface area (Å²) in [5.74, 6) is 3.07. The number of carbonyl (C=O) groups is 4. The highest BCUT2D eigenvalue weighted by atomic mass is 32.2. The van der Waals surface area contributed by atoms with E-state index in [9.17, 15) is 27.6 Å². The van der Waals surface area contributed by atoms with Gasteiger partial charge in [-0.05, 0) is 160 Å². The number of thiazole rings is 3. The lowest BCUT2D eigenvalue weighted by Crippen LogP contribution is -2.48. The summed E-state index contributed by atoms with van der Waals surface area (Å²) >= 11 is 4.51. The molecule has 6 aromatic heterocycles. The lowest BCUT2D eigenvalue weighted by Gasteiger charge is -2.36. The van der Waals surface area contributed by atoms with E-state index in [1.807, 2.05) is 95.2 Å². The highest BCUT2D eigenvalue weighted by molar-refractivity contribution is 7.88. The lowest BCUT2D eigenvalue weighted by molar-refractivity contribution is -0.126. The van der Waals surface area contributed by atoms with E-state index in [1.54, 1.807) is 33.3 Å². The molecule has 30 nitrogen and oxygen atoms in total. The quantitative estimate of drug-likeness (QED) is 0.0616. The molecular weight excluding hydrogens is 1470 g/mol. The van der Waals surface area contributed by atoms with Gasteiger partial charge >= 0.3 is 0 Å². The van der Waals surface area contributed by atoms with Crippen molar-refractivity contribution in [2.75, 3.05) is 184 Å². The van der Waals surface area contributed by atoms with Gasteiger partial charge in [-0.2, -0.15) is 19.3 Å². The van der Waals surface area contributed by atoms with Crippen LogP contribution in [0.1, 0.15) is 105 Å². The second kappa shape index (κ2) is 33.0. The Balaban J connectivity index is 0.000000145. The van der Waals surface area contributed by atoms with Crippen molar-refractivity contribution >= 4 is 169 Å². The molecule has 110 heavy (non-hydrogen) atoms. The number of hydrogen-bond acceptors (Lipinski definition) is 28.